The first-order valence-corrected chi connectivity index (χ1v) is 10.4. The number of aliphatic carboxylic acids is 1. The second-order valence-corrected chi connectivity index (χ2v) is 6.76. The number of nitrogens with zero attached hydrogens (tertiary/aromatic N) is 4. The molecule has 2 rings (SSSR count). The van der Waals surface area contributed by atoms with E-state index in [0.29, 0.717) is 6.42 Å². The highest BCUT2D eigenvalue weighted by atomic mass is 35.5. The van der Waals surface area contributed by atoms with Crippen molar-refractivity contribution in [3.8, 4) is 0 Å². The Kier molecular flexibility index (Phi) is 25.7. The van der Waals surface area contributed by atoms with Crippen molar-refractivity contribution in [1.82, 2.24) is 19.1 Å². The minimum absolute atomic E-state index is 0. The van der Waals surface area contributed by atoms with Gasteiger partial charge in [-0.25, -0.2) is 14.8 Å². The Hall–Kier alpha value is -1.83. The van der Waals surface area contributed by atoms with Gasteiger partial charge in [0.05, 0.1) is 5.34 Å². The molecular weight excluding hydrogens is 451 g/mol. The van der Waals surface area contributed by atoms with Crippen LogP contribution >= 0.6 is 35.6 Å². The molecule has 0 bridgehead atoms. The summed E-state index contributed by atoms with van der Waals surface area (Å²) in [6.07, 6.45) is 15.6. The Morgan fingerprint density at radius 3 is 1.73 bits per heavy atom. The summed E-state index contributed by atoms with van der Waals surface area (Å²) in [5, 5.41) is 8.50. The topological polar surface area (TPSA) is 90.0 Å². The zero-order valence-corrected chi connectivity index (χ0v) is 20.3. The maximum Gasteiger partial charge on any atom is 0.338 e. The molecule has 10 heteroatoms. The van der Waals surface area contributed by atoms with Gasteiger partial charge in [0.25, 0.3) is 0 Å². The molecule has 7 nitrogen and oxygen atoms in total. The number of aromatic nitrogens is 4. The number of carboxylic acid groups (broad SMARTS) is 1. The van der Waals surface area contributed by atoms with Crippen LogP contribution in [0.15, 0.2) is 49.1 Å². The molecule has 30 heavy (non-hydrogen) atoms. The first kappa shape index (κ1) is 32.8. The SMILES string of the molecule is CC(C)=CCCCCC(=O)O.CCC.Cl.ClCCl.O=C(n1ccnc1)n1ccnc1. The van der Waals surface area contributed by atoms with Gasteiger partial charge >= 0.3 is 12.0 Å². The van der Waals surface area contributed by atoms with E-state index in [-0.39, 0.29) is 23.8 Å². The van der Waals surface area contributed by atoms with Gasteiger partial charge in [-0.3, -0.25) is 13.9 Å². The van der Waals surface area contributed by atoms with Crippen molar-refractivity contribution in [3.05, 3.63) is 49.1 Å². The van der Waals surface area contributed by atoms with E-state index in [4.69, 9.17) is 28.3 Å². The quantitative estimate of drug-likeness (QED) is 0.300. The van der Waals surface area contributed by atoms with Gasteiger partial charge in [-0.15, -0.1) is 35.6 Å². The van der Waals surface area contributed by atoms with Gasteiger partial charge in [-0.05, 0) is 33.1 Å². The van der Waals surface area contributed by atoms with E-state index >= 15 is 0 Å². The molecule has 172 valence electrons. The highest BCUT2D eigenvalue weighted by molar-refractivity contribution is 6.40. The first-order valence-electron chi connectivity index (χ1n) is 9.31. The summed E-state index contributed by atoms with van der Waals surface area (Å²) >= 11 is 9.53. The van der Waals surface area contributed by atoms with Crippen LogP contribution in [0.1, 0.15) is 59.8 Å². The number of carbonyl (C=O) groups is 2. The van der Waals surface area contributed by atoms with Crippen LogP contribution in [0, 0.1) is 0 Å². The third-order valence-electron chi connectivity index (χ3n) is 2.85. The lowest BCUT2D eigenvalue weighted by Gasteiger charge is -1.98. The molecule has 0 radical (unpaired) electrons. The van der Waals surface area contributed by atoms with Crippen LogP contribution in [0.25, 0.3) is 0 Å². The number of rotatable bonds is 5. The summed E-state index contributed by atoms with van der Waals surface area (Å²) in [4.78, 5) is 29.0. The molecule has 0 atom stereocenters. The lowest BCUT2D eigenvalue weighted by molar-refractivity contribution is -0.137. The maximum atomic E-state index is 11.4. The number of hydrogen-bond acceptors (Lipinski definition) is 4. The second kappa shape index (κ2) is 23.4. The molecule has 0 saturated carbocycles. The predicted octanol–water partition coefficient (Wildman–Crippen LogP) is 6.45. The average molecular weight is 484 g/mol. The number of hydrogen-bond donors (Lipinski definition) is 1. The monoisotopic (exact) mass is 482 g/mol. The fourth-order valence-corrected chi connectivity index (χ4v) is 1.69. The zero-order valence-electron chi connectivity index (χ0n) is 18.0. The number of carboxylic acids is 1. The number of halogens is 3. The molecule has 2 heterocycles. The van der Waals surface area contributed by atoms with Crippen molar-refractivity contribution >= 4 is 47.6 Å². The van der Waals surface area contributed by atoms with Crippen LogP contribution in [0.2, 0.25) is 0 Å². The van der Waals surface area contributed by atoms with E-state index in [1.54, 1.807) is 24.8 Å². The molecule has 2 aromatic rings. The van der Waals surface area contributed by atoms with Crippen molar-refractivity contribution in [2.75, 3.05) is 5.34 Å². The van der Waals surface area contributed by atoms with E-state index in [1.165, 1.54) is 33.8 Å². The molecule has 0 saturated heterocycles. The van der Waals surface area contributed by atoms with Gasteiger partial charge in [0.1, 0.15) is 12.7 Å². The Balaban J connectivity index is -0.000000377. The molecule has 0 aliphatic carbocycles. The fourth-order valence-electron chi connectivity index (χ4n) is 1.69. The van der Waals surface area contributed by atoms with Gasteiger partial charge in [0, 0.05) is 31.2 Å². The average Bonchev–Trinajstić information content (AvgIpc) is 3.36. The van der Waals surface area contributed by atoms with Crippen LogP contribution < -0.4 is 0 Å². The fraction of sp³-hybridized carbons (Fsp3) is 0.500. The lowest BCUT2D eigenvalue weighted by atomic mass is 10.1. The summed E-state index contributed by atoms with van der Waals surface area (Å²) in [6, 6.07) is -0.190. The molecule has 0 fully saturated rings. The van der Waals surface area contributed by atoms with Crippen molar-refractivity contribution in [3.63, 3.8) is 0 Å². The van der Waals surface area contributed by atoms with Crippen molar-refractivity contribution in [2.45, 2.75) is 59.8 Å². The Morgan fingerprint density at radius 1 is 1.00 bits per heavy atom. The molecule has 1 N–H and O–H groups in total. The van der Waals surface area contributed by atoms with E-state index in [0.717, 1.165) is 19.3 Å². The van der Waals surface area contributed by atoms with Crippen LogP contribution in [0.5, 0.6) is 0 Å². The van der Waals surface area contributed by atoms with E-state index in [2.05, 4.69) is 43.7 Å². The molecule has 0 aliphatic heterocycles. The Labute approximate surface area is 195 Å². The van der Waals surface area contributed by atoms with Gasteiger partial charge < -0.3 is 5.11 Å². The maximum absolute atomic E-state index is 11.4. The normalized spacial score (nSPS) is 8.60. The van der Waals surface area contributed by atoms with Crippen LogP contribution in [-0.2, 0) is 4.79 Å². The number of imidazole rings is 2. The first-order chi connectivity index (χ1) is 13.8. The van der Waals surface area contributed by atoms with Crippen LogP contribution in [0.4, 0.5) is 4.79 Å². The highest BCUT2D eigenvalue weighted by Gasteiger charge is 2.03. The number of carbonyl (C=O) groups excluding carboxylic acids is 1. The number of alkyl halides is 2. The highest BCUT2D eigenvalue weighted by Crippen LogP contribution is 2.02. The predicted molar refractivity (Wildman–Crippen MR) is 126 cm³/mol. The third-order valence-corrected chi connectivity index (χ3v) is 2.85. The molecular formula is C20H33Cl3N4O3. The summed E-state index contributed by atoms with van der Waals surface area (Å²) in [5.41, 5.74) is 1.31. The minimum atomic E-state index is -0.692. The molecule has 0 aliphatic rings. The molecule has 0 aromatic carbocycles. The third kappa shape index (κ3) is 20.9. The Morgan fingerprint density at radius 2 is 1.43 bits per heavy atom. The zero-order chi connectivity index (χ0) is 22.5. The molecule has 0 spiro atoms. The summed E-state index contributed by atoms with van der Waals surface area (Å²) < 4.78 is 2.75. The van der Waals surface area contributed by atoms with Crippen LogP contribution in [0.3, 0.4) is 0 Å². The molecule has 0 unspecified atom stereocenters. The lowest BCUT2D eigenvalue weighted by Crippen LogP contribution is -2.15. The number of unbranched alkanes of at least 4 members (excludes halogenated alkanes) is 2. The van der Waals surface area contributed by atoms with E-state index in [9.17, 15) is 9.59 Å². The van der Waals surface area contributed by atoms with Gasteiger partial charge in [-0.2, -0.15) is 0 Å². The van der Waals surface area contributed by atoms with Crippen molar-refractivity contribution < 1.29 is 14.7 Å². The summed E-state index contributed by atoms with van der Waals surface area (Å²) in [5.74, 6) is -0.692. The van der Waals surface area contributed by atoms with E-state index < -0.39 is 5.97 Å². The largest absolute Gasteiger partial charge is 0.481 e. The minimum Gasteiger partial charge on any atom is -0.481 e. The molecule has 2 aromatic heterocycles. The standard InChI is InChI=1S/C9H16O2.C7H6N4O.C3H8.CH2Cl2.ClH/c1-8(2)6-4-3-5-7-9(10)11;12-7(10-3-1-8-5-10)11-4-2-9-6-11;1-3-2;2-1-3;/h6H,3-5,7H2,1-2H3,(H,10,11);1-6H;3H2,1-2H3;1H2;1H. The van der Waals surface area contributed by atoms with Crippen LogP contribution in [-0.4, -0.2) is 41.5 Å². The van der Waals surface area contributed by atoms with Gasteiger partial charge in [0.15, 0.2) is 0 Å². The van der Waals surface area contributed by atoms with Crippen molar-refractivity contribution in [1.29, 1.82) is 0 Å². The van der Waals surface area contributed by atoms with Gasteiger partial charge in [0.2, 0.25) is 0 Å². The Bertz CT molecular complexity index is 619. The van der Waals surface area contributed by atoms with E-state index in [1.807, 2.05) is 0 Å². The summed E-state index contributed by atoms with van der Waals surface area (Å²) in [7, 11) is 0. The smallest absolute Gasteiger partial charge is 0.338 e. The van der Waals surface area contributed by atoms with Gasteiger partial charge in [-0.1, -0.05) is 31.9 Å². The van der Waals surface area contributed by atoms with Crippen molar-refractivity contribution in [2.24, 2.45) is 0 Å². The second-order valence-electron chi connectivity index (χ2n) is 5.95. The summed E-state index contributed by atoms with van der Waals surface area (Å²) in [6.45, 7) is 8.36. The number of allylic oxidation sites excluding steroid dienone is 2. The molecule has 0 amide bonds.